The minimum absolute atomic E-state index is 0.267. The number of esters is 1. The van der Waals surface area contributed by atoms with Gasteiger partial charge in [-0.3, -0.25) is 4.79 Å². The molecule has 0 aliphatic heterocycles. The van der Waals surface area contributed by atoms with Crippen LogP contribution in [-0.4, -0.2) is 65.4 Å². The van der Waals surface area contributed by atoms with Crippen LogP contribution >= 0.6 is 0 Å². The van der Waals surface area contributed by atoms with Gasteiger partial charge in [0, 0.05) is 17.8 Å². The number of benzene rings is 1. The van der Waals surface area contributed by atoms with Gasteiger partial charge >= 0.3 is 18.2 Å². The number of carbonyl (C=O) groups is 2. The van der Waals surface area contributed by atoms with Crippen molar-refractivity contribution in [2.45, 2.75) is 46.4 Å². The summed E-state index contributed by atoms with van der Waals surface area (Å²) in [7, 11) is 0. The van der Waals surface area contributed by atoms with Gasteiger partial charge in [-0.2, -0.15) is 13.2 Å². The van der Waals surface area contributed by atoms with Gasteiger partial charge in [0.25, 0.3) is 5.91 Å². The second kappa shape index (κ2) is 12.4. The Morgan fingerprint density at radius 1 is 1.12 bits per heavy atom. The van der Waals surface area contributed by atoms with Crippen molar-refractivity contribution < 1.29 is 31.9 Å². The molecule has 1 amide bonds. The first kappa shape index (κ1) is 27.1. The first-order chi connectivity index (χ1) is 16.0. The number of ether oxygens (including phenoxy) is 1. The van der Waals surface area contributed by atoms with Crippen LogP contribution in [0.15, 0.2) is 28.7 Å². The van der Waals surface area contributed by atoms with Crippen molar-refractivity contribution in [2.75, 3.05) is 36.8 Å². The van der Waals surface area contributed by atoms with Gasteiger partial charge in [0.15, 0.2) is 6.10 Å². The van der Waals surface area contributed by atoms with Crippen molar-refractivity contribution in [1.82, 2.24) is 15.1 Å². The molecule has 1 heterocycles. The molecular formula is C22H30F3N5O4. The number of nitrogens with one attached hydrogen (secondary N) is 2. The van der Waals surface area contributed by atoms with Crippen LogP contribution < -0.4 is 10.6 Å². The Morgan fingerprint density at radius 2 is 1.76 bits per heavy atom. The van der Waals surface area contributed by atoms with E-state index >= 15 is 0 Å². The van der Waals surface area contributed by atoms with Crippen molar-refractivity contribution >= 4 is 23.6 Å². The normalized spacial score (nSPS) is 12.6. The maximum Gasteiger partial charge on any atom is 0.490 e. The first-order valence-corrected chi connectivity index (χ1v) is 11.0. The van der Waals surface area contributed by atoms with E-state index in [4.69, 9.17) is 4.42 Å². The highest BCUT2D eigenvalue weighted by atomic mass is 19.4. The monoisotopic (exact) mass is 485 g/mol. The van der Waals surface area contributed by atoms with Crippen molar-refractivity contribution in [3.63, 3.8) is 0 Å². The summed E-state index contributed by atoms with van der Waals surface area (Å²) in [4.78, 5) is 25.8. The Bertz CT molecular complexity index is 927. The first-order valence-electron chi connectivity index (χ1n) is 11.0. The van der Waals surface area contributed by atoms with Crippen LogP contribution in [0.1, 0.15) is 34.1 Å². The fourth-order valence-electron chi connectivity index (χ4n) is 3.03. The zero-order valence-corrected chi connectivity index (χ0v) is 19.6. The summed E-state index contributed by atoms with van der Waals surface area (Å²) in [6.07, 6.45) is -5.86. The van der Waals surface area contributed by atoms with E-state index in [1.807, 2.05) is 0 Å². The van der Waals surface area contributed by atoms with E-state index in [0.717, 1.165) is 26.1 Å². The molecule has 1 unspecified atom stereocenters. The van der Waals surface area contributed by atoms with Crippen LogP contribution in [0.5, 0.6) is 0 Å². The average molecular weight is 486 g/mol. The molecule has 0 fully saturated rings. The van der Waals surface area contributed by atoms with E-state index in [1.54, 1.807) is 12.1 Å². The van der Waals surface area contributed by atoms with E-state index in [1.165, 1.54) is 26.0 Å². The number of nitrogens with zero attached hydrogens (tertiary/aromatic N) is 3. The van der Waals surface area contributed by atoms with Crippen LogP contribution in [0.25, 0.3) is 11.5 Å². The molecule has 1 aromatic carbocycles. The molecule has 0 saturated carbocycles. The van der Waals surface area contributed by atoms with Gasteiger partial charge in [0.1, 0.15) is 0 Å². The van der Waals surface area contributed by atoms with Crippen molar-refractivity contribution in [3.8, 4) is 11.5 Å². The fraction of sp³-hybridized carbons (Fsp3) is 0.545. The quantitative estimate of drug-likeness (QED) is 0.344. The summed E-state index contributed by atoms with van der Waals surface area (Å²) >= 11 is 0. The Morgan fingerprint density at radius 3 is 2.32 bits per heavy atom. The standard InChI is InChI=1S/C22H30F3N5O4/c1-5-30(6-2)13-7-12-26-21-29-28-19(34-21)15-8-10-16(11-9-15)27-18(31)17(14(3)4)33-20(32)22(23,24)25/h8-11,14,17H,5-7,12-13H2,1-4H3,(H,26,29)(H,27,31). The van der Waals surface area contributed by atoms with Gasteiger partial charge in [0.05, 0.1) is 0 Å². The Hall–Kier alpha value is -3.15. The highest BCUT2D eigenvalue weighted by molar-refractivity contribution is 5.96. The zero-order chi connectivity index (χ0) is 25.3. The summed E-state index contributed by atoms with van der Waals surface area (Å²) < 4.78 is 47.4. The van der Waals surface area contributed by atoms with Crippen LogP contribution in [0.2, 0.25) is 0 Å². The summed E-state index contributed by atoms with van der Waals surface area (Å²) in [5.74, 6) is -3.68. The van der Waals surface area contributed by atoms with Gasteiger partial charge in [-0.15, -0.1) is 5.10 Å². The topological polar surface area (TPSA) is 110 Å². The molecule has 2 aromatic rings. The van der Waals surface area contributed by atoms with E-state index in [9.17, 15) is 22.8 Å². The largest absolute Gasteiger partial charge is 0.490 e. The van der Waals surface area contributed by atoms with Crippen molar-refractivity contribution in [3.05, 3.63) is 24.3 Å². The second-order valence-electron chi connectivity index (χ2n) is 7.85. The molecule has 2 N–H and O–H groups in total. The lowest BCUT2D eigenvalue weighted by Gasteiger charge is -2.21. The molecule has 9 nitrogen and oxygen atoms in total. The number of halogens is 3. The second-order valence-corrected chi connectivity index (χ2v) is 7.85. The third-order valence-electron chi connectivity index (χ3n) is 4.98. The van der Waals surface area contributed by atoms with Gasteiger partial charge in [-0.05, 0) is 56.2 Å². The molecule has 12 heteroatoms. The van der Waals surface area contributed by atoms with Crippen molar-refractivity contribution in [1.29, 1.82) is 0 Å². The molecule has 0 aliphatic carbocycles. The highest BCUT2D eigenvalue weighted by Gasteiger charge is 2.44. The summed E-state index contributed by atoms with van der Waals surface area (Å²) in [5, 5.41) is 13.5. The molecule has 188 valence electrons. The SMILES string of the molecule is CCN(CC)CCCNc1nnc(-c2ccc(NC(=O)C(OC(=O)C(F)(F)F)C(C)C)cc2)o1. The fourth-order valence-corrected chi connectivity index (χ4v) is 3.03. The predicted octanol–water partition coefficient (Wildman–Crippen LogP) is 3.95. The Balaban J connectivity index is 1.93. The number of hydrogen-bond acceptors (Lipinski definition) is 8. The third kappa shape index (κ3) is 8.01. The lowest BCUT2D eigenvalue weighted by atomic mass is 10.1. The van der Waals surface area contributed by atoms with Gasteiger partial charge < -0.3 is 24.7 Å². The summed E-state index contributed by atoms with van der Waals surface area (Å²) in [5.41, 5.74) is 0.891. The average Bonchev–Trinajstić information content (AvgIpc) is 3.26. The summed E-state index contributed by atoms with van der Waals surface area (Å²) in [6.45, 7) is 10.8. The van der Waals surface area contributed by atoms with E-state index in [2.05, 4.69) is 44.3 Å². The van der Waals surface area contributed by atoms with Crippen LogP contribution in [0, 0.1) is 5.92 Å². The number of amides is 1. The molecule has 1 atom stereocenters. The van der Waals surface area contributed by atoms with Crippen LogP contribution in [-0.2, 0) is 14.3 Å². The molecule has 34 heavy (non-hydrogen) atoms. The summed E-state index contributed by atoms with van der Waals surface area (Å²) in [6, 6.07) is 6.56. The van der Waals surface area contributed by atoms with Crippen molar-refractivity contribution in [2.24, 2.45) is 5.92 Å². The molecular weight excluding hydrogens is 455 g/mol. The van der Waals surface area contributed by atoms with E-state index in [-0.39, 0.29) is 11.9 Å². The van der Waals surface area contributed by atoms with E-state index < -0.39 is 30.1 Å². The maximum atomic E-state index is 12.5. The van der Waals surface area contributed by atoms with E-state index in [0.29, 0.717) is 17.8 Å². The molecule has 0 spiro atoms. The maximum absolute atomic E-state index is 12.5. The molecule has 0 saturated heterocycles. The number of anilines is 2. The Kier molecular flexibility index (Phi) is 9.84. The number of aromatic nitrogens is 2. The molecule has 1 aromatic heterocycles. The lowest BCUT2D eigenvalue weighted by molar-refractivity contribution is -0.206. The lowest BCUT2D eigenvalue weighted by Crippen LogP contribution is -2.40. The smallest absolute Gasteiger partial charge is 0.445 e. The van der Waals surface area contributed by atoms with Gasteiger partial charge in [-0.25, -0.2) is 4.79 Å². The number of carbonyl (C=O) groups excluding carboxylic acids is 2. The Labute approximate surface area is 196 Å². The van der Waals surface area contributed by atoms with Gasteiger partial charge in [0.2, 0.25) is 5.89 Å². The van der Waals surface area contributed by atoms with Gasteiger partial charge in [-0.1, -0.05) is 32.8 Å². The zero-order valence-electron chi connectivity index (χ0n) is 19.6. The molecule has 0 radical (unpaired) electrons. The third-order valence-corrected chi connectivity index (χ3v) is 4.98. The highest BCUT2D eigenvalue weighted by Crippen LogP contribution is 2.23. The predicted molar refractivity (Wildman–Crippen MR) is 120 cm³/mol. The number of rotatable bonds is 12. The molecule has 0 aliphatic rings. The number of alkyl halides is 3. The number of hydrogen-bond donors (Lipinski definition) is 2. The molecule has 2 rings (SSSR count). The minimum Gasteiger partial charge on any atom is -0.445 e. The van der Waals surface area contributed by atoms with Crippen LogP contribution in [0.3, 0.4) is 0 Å². The molecule has 0 bridgehead atoms. The minimum atomic E-state index is -5.18. The van der Waals surface area contributed by atoms with Crippen LogP contribution in [0.4, 0.5) is 24.9 Å².